The third-order valence-electron chi connectivity index (χ3n) is 5.76. The molecular weight excluding hydrogens is 566 g/mol. The van der Waals surface area contributed by atoms with Gasteiger partial charge in [0.15, 0.2) is 10.6 Å². The predicted octanol–water partition coefficient (Wildman–Crippen LogP) is 5.32. The summed E-state index contributed by atoms with van der Waals surface area (Å²) in [6, 6.07) is 9.41. The van der Waals surface area contributed by atoms with Gasteiger partial charge in [-0.25, -0.2) is 9.78 Å². The molecule has 12 heteroatoms. The van der Waals surface area contributed by atoms with Crippen molar-refractivity contribution in [2.75, 3.05) is 11.5 Å². The number of aromatic nitrogens is 1. The van der Waals surface area contributed by atoms with Gasteiger partial charge < -0.3 is 9.15 Å². The fourth-order valence-corrected chi connectivity index (χ4v) is 5.46. The van der Waals surface area contributed by atoms with Gasteiger partial charge in [0.2, 0.25) is 5.76 Å². The van der Waals surface area contributed by atoms with E-state index in [0.29, 0.717) is 15.7 Å². The van der Waals surface area contributed by atoms with Crippen LogP contribution in [0, 0.1) is 17.0 Å². The molecule has 0 saturated carbocycles. The monoisotopic (exact) mass is 581 g/mol. The van der Waals surface area contributed by atoms with Crippen molar-refractivity contribution in [2.45, 2.75) is 13.0 Å². The van der Waals surface area contributed by atoms with Crippen molar-refractivity contribution in [1.82, 2.24) is 4.98 Å². The fourth-order valence-electron chi connectivity index (χ4n) is 4.11. The van der Waals surface area contributed by atoms with Gasteiger partial charge in [0, 0.05) is 16.6 Å². The van der Waals surface area contributed by atoms with Crippen LogP contribution in [0.1, 0.15) is 43.1 Å². The molecule has 0 N–H and O–H groups in total. The van der Waals surface area contributed by atoms with E-state index in [2.05, 4.69) is 27.5 Å². The number of carbonyl (C=O) groups is 2. The number of ether oxygens (including phenoxy) is 1. The summed E-state index contributed by atoms with van der Waals surface area (Å²) in [4.78, 5) is 56.4. The van der Waals surface area contributed by atoms with Crippen molar-refractivity contribution in [3.63, 3.8) is 0 Å². The number of non-ortho nitro benzene ring substituents is 1. The van der Waals surface area contributed by atoms with Gasteiger partial charge >= 0.3 is 5.97 Å². The van der Waals surface area contributed by atoms with E-state index in [-0.39, 0.29) is 44.6 Å². The normalized spacial score (nSPS) is 14.6. The number of anilines is 1. The van der Waals surface area contributed by atoms with Crippen LogP contribution >= 0.6 is 27.3 Å². The second-order valence-electron chi connectivity index (χ2n) is 8.04. The second kappa shape index (κ2) is 9.37. The molecule has 10 nitrogen and oxygen atoms in total. The lowest BCUT2D eigenvalue weighted by Crippen LogP contribution is -2.29. The van der Waals surface area contributed by atoms with Crippen molar-refractivity contribution in [3.05, 3.63) is 107 Å². The molecule has 0 bridgehead atoms. The van der Waals surface area contributed by atoms with Crippen molar-refractivity contribution in [2.24, 2.45) is 0 Å². The summed E-state index contributed by atoms with van der Waals surface area (Å²) in [6.45, 7) is 5.13. The number of hydrogen-bond acceptors (Lipinski definition) is 9. The summed E-state index contributed by atoms with van der Waals surface area (Å²) in [5.74, 6) is -1.41. The smallest absolute Gasteiger partial charge is 0.350 e. The summed E-state index contributed by atoms with van der Waals surface area (Å²) in [5.41, 5.74) is 0.514. The van der Waals surface area contributed by atoms with Crippen LogP contribution in [-0.2, 0) is 4.74 Å². The zero-order valence-electron chi connectivity index (χ0n) is 19.1. The van der Waals surface area contributed by atoms with Crippen LogP contribution < -0.4 is 10.3 Å². The van der Waals surface area contributed by atoms with E-state index in [4.69, 9.17) is 9.15 Å². The number of thiazole rings is 1. The van der Waals surface area contributed by atoms with Crippen molar-refractivity contribution >= 4 is 60.9 Å². The Labute approximate surface area is 221 Å². The minimum Gasteiger partial charge on any atom is -0.457 e. The zero-order chi connectivity index (χ0) is 26.4. The van der Waals surface area contributed by atoms with E-state index in [1.165, 1.54) is 35.2 Å². The number of nitro groups is 1. The van der Waals surface area contributed by atoms with E-state index in [9.17, 15) is 24.5 Å². The Bertz CT molecular complexity index is 1680. The molecular formula is C25H16BrN3O7S. The molecule has 186 valence electrons. The number of carbonyl (C=O) groups excluding carboxylic acids is 2. The highest BCUT2D eigenvalue weighted by Gasteiger charge is 2.45. The Morgan fingerprint density at radius 3 is 2.70 bits per heavy atom. The number of aryl methyl sites for hydroxylation is 1. The van der Waals surface area contributed by atoms with Gasteiger partial charge in [-0.05, 0) is 42.8 Å². The van der Waals surface area contributed by atoms with E-state index in [1.807, 2.05) is 0 Å². The molecule has 2 aromatic heterocycles. The predicted molar refractivity (Wildman–Crippen MR) is 139 cm³/mol. The van der Waals surface area contributed by atoms with Crippen LogP contribution in [0.3, 0.4) is 0 Å². The summed E-state index contributed by atoms with van der Waals surface area (Å²) < 4.78 is 11.7. The summed E-state index contributed by atoms with van der Waals surface area (Å²) in [6.07, 6.45) is 1.43. The molecule has 3 heterocycles. The molecule has 0 spiro atoms. The van der Waals surface area contributed by atoms with Gasteiger partial charge in [-0.15, -0.1) is 0 Å². The third-order valence-corrected chi connectivity index (χ3v) is 7.39. The van der Waals surface area contributed by atoms with Gasteiger partial charge in [0.25, 0.3) is 11.6 Å². The van der Waals surface area contributed by atoms with E-state index in [0.717, 1.165) is 11.3 Å². The molecule has 0 fully saturated rings. The number of fused-ring (bicyclic) bond motifs is 2. The molecule has 1 unspecified atom stereocenters. The minimum atomic E-state index is -0.995. The molecule has 1 amide bonds. The SMILES string of the molecule is C=CCOC(=O)c1sc(N2C(=O)c3oc4ccc(Br)cc4c(=O)c3C2c2ccc([N+](=O)[O-])cc2)nc1C. The molecule has 1 aliphatic heterocycles. The highest BCUT2D eigenvalue weighted by atomic mass is 79.9. The van der Waals surface area contributed by atoms with Crippen LogP contribution in [0.2, 0.25) is 0 Å². The molecule has 4 aromatic rings. The Morgan fingerprint density at radius 1 is 1.30 bits per heavy atom. The molecule has 0 saturated heterocycles. The standard InChI is InChI=1S/C25H16BrN3O7S/c1-3-10-35-24(32)22-12(2)27-25(37-22)28-19(13-4-7-15(8-5-13)29(33)34)18-20(30)16-11-14(26)6-9-17(16)36-21(18)23(28)31/h3-9,11,19H,1,10H2,2H3. The maximum absolute atomic E-state index is 13.7. The number of esters is 1. The van der Waals surface area contributed by atoms with E-state index >= 15 is 0 Å². The number of nitrogens with zero attached hydrogens (tertiary/aromatic N) is 3. The summed E-state index contributed by atoms with van der Waals surface area (Å²) in [7, 11) is 0. The number of rotatable bonds is 6. The highest BCUT2D eigenvalue weighted by molar-refractivity contribution is 9.10. The maximum Gasteiger partial charge on any atom is 0.350 e. The summed E-state index contributed by atoms with van der Waals surface area (Å²) >= 11 is 4.29. The third kappa shape index (κ3) is 4.13. The molecule has 2 aromatic carbocycles. The molecule has 0 aliphatic carbocycles. The summed E-state index contributed by atoms with van der Waals surface area (Å²) in [5, 5.41) is 11.6. The Kier molecular flexibility index (Phi) is 6.21. The molecule has 37 heavy (non-hydrogen) atoms. The molecule has 5 rings (SSSR count). The van der Waals surface area contributed by atoms with Crippen LogP contribution in [0.25, 0.3) is 11.0 Å². The molecule has 1 atom stereocenters. The quantitative estimate of drug-likeness (QED) is 0.129. The Morgan fingerprint density at radius 2 is 2.03 bits per heavy atom. The number of nitro benzene ring substituents is 1. The average Bonchev–Trinajstić information content (AvgIpc) is 3.40. The average molecular weight is 582 g/mol. The minimum absolute atomic E-state index is 0.00554. The largest absolute Gasteiger partial charge is 0.457 e. The molecule has 1 aliphatic rings. The highest BCUT2D eigenvalue weighted by Crippen LogP contribution is 2.43. The van der Waals surface area contributed by atoms with Crippen molar-refractivity contribution in [3.8, 4) is 0 Å². The number of benzene rings is 2. The first kappa shape index (κ1) is 24.5. The van der Waals surface area contributed by atoms with E-state index in [1.54, 1.807) is 25.1 Å². The lowest BCUT2D eigenvalue weighted by Gasteiger charge is -2.22. The number of halogens is 1. The fraction of sp³-hybridized carbons (Fsp3) is 0.120. The lowest BCUT2D eigenvalue weighted by atomic mass is 9.98. The van der Waals surface area contributed by atoms with Crippen LogP contribution in [0.15, 0.2) is 68.8 Å². The van der Waals surface area contributed by atoms with Gasteiger partial charge in [0.1, 0.15) is 17.1 Å². The Hall–Kier alpha value is -4.16. The van der Waals surface area contributed by atoms with Crippen LogP contribution in [-0.4, -0.2) is 28.4 Å². The first-order valence-corrected chi connectivity index (χ1v) is 12.4. The molecule has 0 radical (unpaired) electrons. The Balaban J connectivity index is 1.72. The number of amides is 1. The van der Waals surface area contributed by atoms with E-state index < -0.39 is 28.3 Å². The van der Waals surface area contributed by atoms with Crippen molar-refractivity contribution in [1.29, 1.82) is 0 Å². The van der Waals surface area contributed by atoms with Gasteiger partial charge in [0.05, 0.1) is 27.6 Å². The lowest BCUT2D eigenvalue weighted by molar-refractivity contribution is -0.384. The maximum atomic E-state index is 13.7. The van der Waals surface area contributed by atoms with Gasteiger partial charge in [-0.1, -0.05) is 39.9 Å². The first-order chi connectivity index (χ1) is 17.7. The first-order valence-electron chi connectivity index (χ1n) is 10.8. The van der Waals surface area contributed by atoms with Crippen LogP contribution in [0.5, 0.6) is 0 Å². The zero-order valence-corrected chi connectivity index (χ0v) is 21.5. The van der Waals surface area contributed by atoms with Crippen molar-refractivity contribution < 1.29 is 23.7 Å². The van der Waals surface area contributed by atoms with Crippen LogP contribution in [0.4, 0.5) is 10.8 Å². The topological polar surface area (TPSA) is 133 Å². The van der Waals surface area contributed by atoms with Gasteiger partial charge in [-0.2, -0.15) is 0 Å². The number of hydrogen-bond donors (Lipinski definition) is 0. The second-order valence-corrected chi connectivity index (χ2v) is 9.93. The van der Waals surface area contributed by atoms with Gasteiger partial charge in [-0.3, -0.25) is 24.6 Å².